The van der Waals surface area contributed by atoms with Gasteiger partial charge >= 0.3 is 0 Å². The highest BCUT2D eigenvalue weighted by molar-refractivity contribution is 7.99. The molecule has 0 spiro atoms. The summed E-state index contributed by atoms with van der Waals surface area (Å²) in [5.74, 6) is 2.00. The van der Waals surface area contributed by atoms with Crippen molar-refractivity contribution in [3.8, 4) is 11.5 Å². The van der Waals surface area contributed by atoms with Gasteiger partial charge in [-0.1, -0.05) is 12.1 Å². The molecule has 0 radical (unpaired) electrons. The van der Waals surface area contributed by atoms with E-state index in [0.717, 1.165) is 18.7 Å². The van der Waals surface area contributed by atoms with Crippen molar-refractivity contribution in [1.82, 2.24) is 9.88 Å². The molecule has 26 heavy (non-hydrogen) atoms. The van der Waals surface area contributed by atoms with Crippen LogP contribution in [0.4, 0.5) is 4.39 Å². The summed E-state index contributed by atoms with van der Waals surface area (Å²) >= 11 is 1.54. The molecule has 0 aliphatic carbocycles. The molecule has 2 aromatic rings. The number of benzene rings is 1. The van der Waals surface area contributed by atoms with Gasteiger partial charge < -0.3 is 9.32 Å². The average Bonchev–Trinajstić information content (AvgIpc) is 3.26. The van der Waals surface area contributed by atoms with Crippen LogP contribution in [0.25, 0.3) is 11.5 Å². The number of halogens is 1. The number of hydrogen-bond donors (Lipinski definition) is 0. The monoisotopic (exact) mass is 376 g/mol. The first kappa shape index (κ1) is 19.1. The van der Waals surface area contributed by atoms with Crippen LogP contribution in [0.15, 0.2) is 28.7 Å². The Bertz CT molecular complexity index is 741. The molecule has 4 nitrogen and oxygen atoms in total. The smallest absolute Gasteiger partial charge is 0.229 e. The molecule has 1 aromatic carbocycles. The molecule has 0 atom stereocenters. The van der Waals surface area contributed by atoms with Gasteiger partial charge in [0.25, 0.3) is 0 Å². The first-order chi connectivity index (χ1) is 12.6. The second-order valence-corrected chi connectivity index (χ2v) is 7.67. The number of aromatic nitrogens is 1. The second-order valence-electron chi connectivity index (χ2n) is 6.69. The molecule has 0 amide bonds. The number of ketones is 1. The number of rotatable bonds is 9. The predicted molar refractivity (Wildman–Crippen MR) is 103 cm³/mol. The quantitative estimate of drug-likeness (QED) is 0.646. The number of likely N-dealkylation sites (tertiary alicyclic amines) is 1. The van der Waals surface area contributed by atoms with E-state index in [1.165, 1.54) is 32.0 Å². The summed E-state index contributed by atoms with van der Waals surface area (Å²) in [5, 5.41) is 0. The van der Waals surface area contributed by atoms with E-state index in [-0.39, 0.29) is 11.6 Å². The Morgan fingerprint density at radius 1 is 1.31 bits per heavy atom. The standard InChI is InChI=1S/C20H25FN2O2S/c1-15-19(22-20(25-15)17-8-2-3-9-18(17)21)14-26-13-16(24)7-6-12-23-10-4-5-11-23/h2-3,8-9H,4-7,10-14H2,1H3. The average molecular weight is 376 g/mol. The van der Waals surface area contributed by atoms with Gasteiger partial charge in [-0.05, 0) is 58.0 Å². The molecule has 1 aliphatic rings. The largest absolute Gasteiger partial charge is 0.441 e. The SMILES string of the molecule is Cc1oc(-c2ccccc2F)nc1CSCC(=O)CCCN1CCCC1. The molecule has 140 valence electrons. The van der Waals surface area contributed by atoms with Gasteiger partial charge in [0.2, 0.25) is 5.89 Å². The molecule has 1 fully saturated rings. The fourth-order valence-electron chi connectivity index (χ4n) is 3.15. The van der Waals surface area contributed by atoms with Crippen LogP contribution < -0.4 is 0 Å². The molecule has 0 unspecified atom stereocenters. The van der Waals surface area contributed by atoms with Crippen molar-refractivity contribution < 1.29 is 13.6 Å². The normalized spacial score (nSPS) is 14.8. The number of Topliss-reactive ketones (excluding diaryl/α,β-unsaturated/α-hetero) is 1. The zero-order valence-electron chi connectivity index (χ0n) is 15.2. The summed E-state index contributed by atoms with van der Waals surface area (Å²) in [6.45, 7) is 5.22. The summed E-state index contributed by atoms with van der Waals surface area (Å²) < 4.78 is 19.5. The van der Waals surface area contributed by atoms with E-state index < -0.39 is 0 Å². The lowest BCUT2D eigenvalue weighted by molar-refractivity contribution is -0.116. The summed E-state index contributed by atoms with van der Waals surface area (Å²) in [6.07, 6.45) is 4.16. The van der Waals surface area contributed by atoms with Gasteiger partial charge in [-0.25, -0.2) is 9.37 Å². The van der Waals surface area contributed by atoms with Gasteiger partial charge in [-0.15, -0.1) is 11.8 Å². The number of hydrogen-bond acceptors (Lipinski definition) is 5. The maximum atomic E-state index is 13.9. The highest BCUT2D eigenvalue weighted by Crippen LogP contribution is 2.26. The van der Waals surface area contributed by atoms with Crippen LogP contribution in [-0.4, -0.2) is 41.1 Å². The Hall–Kier alpha value is -1.66. The Labute approximate surface area is 158 Å². The van der Waals surface area contributed by atoms with Crippen molar-refractivity contribution in [1.29, 1.82) is 0 Å². The Kier molecular flexibility index (Phi) is 6.86. The van der Waals surface area contributed by atoms with Gasteiger partial charge in [0.05, 0.1) is 17.0 Å². The van der Waals surface area contributed by atoms with E-state index in [2.05, 4.69) is 9.88 Å². The molecule has 6 heteroatoms. The van der Waals surface area contributed by atoms with Crippen molar-refractivity contribution in [3.63, 3.8) is 0 Å². The minimum Gasteiger partial charge on any atom is -0.441 e. The predicted octanol–water partition coefficient (Wildman–Crippen LogP) is 4.47. The van der Waals surface area contributed by atoms with E-state index in [9.17, 15) is 9.18 Å². The fraction of sp³-hybridized carbons (Fsp3) is 0.500. The zero-order chi connectivity index (χ0) is 18.4. The number of carbonyl (C=O) groups is 1. The van der Waals surface area contributed by atoms with E-state index in [1.54, 1.807) is 30.0 Å². The third-order valence-corrected chi connectivity index (χ3v) is 5.63. The van der Waals surface area contributed by atoms with Gasteiger partial charge in [0.15, 0.2) is 0 Å². The Balaban J connectivity index is 1.43. The van der Waals surface area contributed by atoms with Crippen molar-refractivity contribution in [2.24, 2.45) is 0 Å². The van der Waals surface area contributed by atoms with Crippen molar-refractivity contribution in [3.05, 3.63) is 41.5 Å². The highest BCUT2D eigenvalue weighted by Gasteiger charge is 2.15. The van der Waals surface area contributed by atoms with E-state index >= 15 is 0 Å². The Morgan fingerprint density at radius 3 is 2.85 bits per heavy atom. The minimum atomic E-state index is -0.346. The van der Waals surface area contributed by atoms with E-state index in [4.69, 9.17) is 4.42 Å². The number of aryl methyl sites for hydroxylation is 1. The summed E-state index contributed by atoms with van der Waals surface area (Å²) in [7, 11) is 0. The fourth-order valence-corrected chi connectivity index (χ4v) is 4.09. The number of oxazole rings is 1. The summed E-state index contributed by atoms with van der Waals surface area (Å²) in [4.78, 5) is 18.9. The molecule has 3 rings (SSSR count). The van der Waals surface area contributed by atoms with Gasteiger partial charge in [0.1, 0.15) is 17.4 Å². The van der Waals surface area contributed by atoms with Crippen LogP contribution in [0.1, 0.15) is 37.1 Å². The Morgan fingerprint density at radius 2 is 2.08 bits per heavy atom. The number of thioether (sulfide) groups is 1. The van der Waals surface area contributed by atoms with Crippen LogP contribution in [-0.2, 0) is 10.5 Å². The van der Waals surface area contributed by atoms with Crippen molar-refractivity contribution in [2.75, 3.05) is 25.4 Å². The summed E-state index contributed by atoms with van der Waals surface area (Å²) in [6, 6.07) is 6.44. The molecule has 1 saturated heterocycles. The van der Waals surface area contributed by atoms with Gasteiger partial charge in [-0.3, -0.25) is 4.79 Å². The van der Waals surface area contributed by atoms with Crippen molar-refractivity contribution in [2.45, 2.75) is 38.4 Å². The van der Waals surface area contributed by atoms with E-state index in [1.807, 2.05) is 6.92 Å². The lowest BCUT2D eigenvalue weighted by Crippen LogP contribution is -2.21. The lowest BCUT2D eigenvalue weighted by Gasteiger charge is -2.13. The van der Waals surface area contributed by atoms with Crippen LogP contribution >= 0.6 is 11.8 Å². The van der Waals surface area contributed by atoms with Gasteiger partial charge in [0, 0.05) is 12.2 Å². The van der Waals surface area contributed by atoms with Crippen LogP contribution in [0.2, 0.25) is 0 Å². The highest BCUT2D eigenvalue weighted by atomic mass is 32.2. The maximum Gasteiger partial charge on any atom is 0.229 e. The lowest BCUT2D eigenvalue weighted by atomic mass is 10.2. The molecule has 2 heterocycles. The van der Waals surface area contributed by atoms with E-state index in [0.29, 0.717) is 35.1 Å². The van der Waals surface area contributed by atoms with Crippen molar-refractivity contribution >= 4 is 17.5 Å². The molecular weight excluding hydrogens is 351 g/mol. The second kappa shape index (κ2) is 9.33. The molecule has 0 saturated carbocycles. The number of nitrogens with zero attached hydrogens (tertiary/aromatic N) is 2. The number of carbonyl (C=O) groups excluding carboxylic acids is 1. The first-order valence-corrected chi connectivity index (χ1v) is 10.3. The summed E-state index contributed by atoms with van der Waals surface area (Å²) in [5.41, 5.74) is 1.14. The van der Waals surface area contributed by atoms with Crippen LogP contribution in [0.5, 0.6) is 0 Å². The van der Waals surface area contributed by atoms with Crippen LogP contribution in [0, 0.1) is 12.7 Å². The maximum absolute atomic E-state index is 13.9. The third-order valence-electron chi connectivity index (χ3n) is 4.63. The zero-order valence-corrected chi connectivity index (χ0v) is 16.0. The molecular formula is C20H25FN2O2S. The van der Waals surface area contributed by atoms with Gasteiger partial charge in [-0.2, -0.15) is 0 Å². The topological polar surface area (TPSA) is 46.3 Å². The minimum absolute atomic E-state index is 0.282. The molecule has 1 aromatic heterocycles. The van der Waals surface area contributed by atoms with Crippen LogP contribution in [0.3, 0.4) is 0 Å². The molecule has 1 aliphatic heterocycles. The first-order valence-electron chi connectivity index (χ1n) is 9.16. The molecule has 0 bridgehead atoms. The molecule has 0 N–H and O–H groups in total. The third kappa shape index (κ3) is 5.17.